The summed E-state index contributed by atoms with van der Waals surface area (Å²) in [5, 5.41) is 17.8. The molecule has 20 heavy (non-hydrogen) atoms. The van der Waals surface area contributed by atoms with Crippen LogP contribution in [-0.2, 0) is 0 Å². The SMILES string of the molecule is NC(=S)c1cccc(OCCCN(CCO)CCO)c1. The quantitative estimate of drug-likeness (QED) is 0.428. The maximum Gasteiger partial charge on any atom is 0.119 e. The highest BCUT2D eigenvalue weighted by Crippen LogP contribution is 2.13. The highest BCUT2D eigenvalue weighted by Gasteiger charge is 2.04. The van der Waals surface area contributed by atoms with Gasteiger partial charge >= 0.3 is 0 Å². The molecular formula is C14H22N2O3S. The number of thiocarbonyl (C=S) groups is 1. The lowest BCUT2D eigenvalue weighted by molar-refractivity contribution is 0.153. The van der Waals surface area contributed by atoms with Crippen LogP contribution in [-0.4, -0.2) is 59.6 Å². The minimum atomic E-state index is 0.0941. The topological polar surface area (TPSA) is 79.0 Å². The summed E-state index contributed by atoms with van der Waals surface area (Å²) >= 11 is 4.92. The van der Waals surface area contributed by atoms with Crippen LogP contribution in [0.2, 0.25) is 0 Å². The Bertz CT molecular complexity index is 409. The molecule has 0 aliphatic heterocycles. The van der Waals surface area contributed by atoms with Gasteiger partial charge in [-0.2, -0.15) is 0 Å². The number of rotatable bonds is 10. The van der Waals surface area contributed by atoms with Crippen LogP contribution in [0.25, 0.3) is 0 Å². The predicted molar refractivity (Wildman–Crippen MR) is 83.1 cm³/mol. The zero-order valence-electron chi connectivity index (χ0n) is 11.5. The van der Waals surface area contributed by atoms with Gasteiger partial charge in [0.2, 0.25) is 0 Å². The molecule has 0 amide bonds. The van der Waals surface area contributed by atoms with E-state index in [0.29, 0.717) is 24.7 Å². The Morgan fingerprint density at radius 1 is 1.20 bits per heavy atom. The average Bonchev–Trinajstić information content (AvgIpc) is 2.44. The van der Waals surface area contributed by atoms with Crippen molar-refractivity contribution < 1.29 is 14.9 Å². The molecule has 1 rings (SSSR count). The smallest absolute Gasteiger partial charge is 0.119 e. The van der Waals surface area contributed by atoms with Gasteiger partial charge in [0.1, 0.15) is 10.7 Å². The lowest BCUT2D eigenvalue weighted by Crippen LogP contribution is -2.31. The minimum Gasteiger partial charge on any atom is -0.494 e. The molecule has 0 saturated carbocycles. The van der Waals surface area contributed by atoms with Crippen LogP contribution in [0.4, 0.5) is 0 Å². The zero-order chi connectivity index (χ0) is 14.8. The number of aliphatic hydroxyl groups excluding tert-OH is 2. The number of hydrogen-bond donors (Lipinski definition) is 3. The molecule has 0 heterocycles. The van der Waals surface area contributed by atoms with Crippen LogP contribution in [0.5, 0.6) is 5.75 Å². The van der Waals surface area contributed by atoms with E-state index >= 15 is 0 Å². The second-order valence-electron chi connectivity index (χ2n) is 4.38. The van der Waals surface area contributed by atoms with Crippen LogP contribution < -0.4 is 10.5 Å². The molecule has 112 valence electrons. The molecule has 0 aromatic heterocycles. The first kappa shape index (κ1) is 16.8. The van der Waals surface area contributed by atoms with E-state index in [-0.39, 0.29) is 13.2 Å². The summed E-state index contributed by atoms with van der Waals surface area (Å²) in [4.78, 5) is 2.35. The van der Waals surface area contributed by atoms with Gasteiger partial charge in [-0.15, -0.1) is 0 Å². The molecule has 0 spiro atoms. The summed E-state index contributed by atoms with van der Waals surface area (Å²) in [6.07, 6.45) is 0.817. The first-order valence-electron chi connectivity index (χ1n) is 6.64. The van der Waals surface area contributed by atoms with Gasteiger partial charge in [-0.25, -0.2) is 0 Å². The van der Waals surface area contributed by atoms with E-state index in [1.54, 1.807) is 0 Å². The standard InChI is InChI=1S/C14H22N2O3S/c15-14(20)12-3-1-4-13(11-12)19-10-2-5-16(6-8-17)7-9-18/h1,3-4,11,17-18H,2,5-10H2,(H2,15,20). The number of hydrogen-bond acceptors (Lipinski definition) is 5. The van der Waals surface area contributed by atoms with Gasteiger partial charge < -0.3 is 20.7 Å². The van der Waals surface area contributed by atoms with Crippen molar-refractivity contribution in [2.75, 3.05) is 39.5 Å². The van der Waals surface area contributed by atoms with Gasteiger partial charge in [0.05, 0.1) is 19.8 Å². The second-order valence-corrected chi connectivity index (χ2v) is 4.82. The predicted octanol–water partition coefficient (Wildman–Crippen LogP) is 0.376. The molecule has 0 saturated heterocycles. The zero-order valence-corrected chi connectivity index (χ0v) is 12.3. The van der Waals surface area contributed by atoms with Gasteiger partial charge in [0.25, 0.3) is 0 Å². The average molecular weight is 298 g/mol. The Morgan fingerprint density at radius 3 is 2.50 bits per heavy atom. The maximum absolute atomic E-state index is 8.90. The third-order valence-electron chi connectivity index (χ3n) is 2.84. The molecule has 0 atom stereocenters. The number of nitrogens with two attached hydrogens (primary N) is 1. The van der Waals surface area contributed by atoms with Crippen molar-refractivity contribution in [1.29, 1.82) is 0 Å². The molecular weight excluding hydrogens is 276 g/mol. The number of aliphatic hydroxyl groups is 2. The second kappa shape index (κ2) is 9.66. The molecule has 0 aliphatic rings. The summed E-state index contributed by atoms with van der Waals surface area (Å²) in [5.41, 5.74) is 6.36. The molecule has 6 heteroatoms. The van der Waals surface area contributed by atoms with E-state index in [0.717, 1.165) is 24.3 Å². The molecule has 4 N–H and O–H groups in total. The first-order valence-corrected chi connectivity index (χ1v) is 7.05. The van der Waals surface area contributed by atoms with Crippen LogP contribution in [0, 0.1) is 0 Å². The van der Waals surface area contributed by atoms with Gasteiger partial charge in [0.15, 0.2) is 0 Å². The van der Waals surface area contributed by atoms with Crippen LogP contribution >= 0.6 is 12.2 Å². The fraction of sp³-hybridized carbons (Fsp3) is 0.500. The fourth-order valence-electron chi connectivity index (χ4n) is 1.84. The lowest BCUT2D eigenvalue weighted by Gasteiger charge is -2.19. The van der Waals surface area contributed by atoms with E-state index < -0.39 is 0 Å². The summed E-state index contributed by atoms with van der Waals surface area (Å²) < 4.78 is 5.64. The van der Waals surface area contributed by atoms with E-state index in [2.05, 4.69) is 0 Å². The minimum absolute atomic E-state index is 0.0941. The molecule has 0 unspecified atom stereocenters. The van der Waals surface area contributed by atoms with Crippen molar-refractivity contribution in [3.8, 4) is 5.75 Å². The fourth-order valence-corrected chi connectivity index (χ4v) is 1.96. The Morgan fingerprint density at radius 2 is 1.90 bits per heavy atom. The van der Waals surface area contributed by atoms with Crippen molar-refractivity contribution in [3.05, 3.63) is 29.8 Å². The highest BCUT2D eigenvalue weighted by atomic mass is 32.1. The summed E-state index contributed by atoms with van der Waals surface area (Å²) in [7, 11) is 0. The Labute approximate surface area is 125 Å². The largest absolute Gasteiger partial charge is 0.494 e. The summed E-state index contributed by atoms with van der Waals surface area (Å²) in [6.45, 7) is 2.66. The number of benzene rings is 1. The normalized spacial score (nSPS) is 10.8. The molecule has 1 aromatic rings. The Balaban J connectivity index is 2.33. The Hall–Kier alpha value is -1.21. The van der Waals surface area contributed by atoms with Gasteiger partial charge in [0, 0.05) is 25.2 Å². The molecule has 5 nitrogen and oxygen atoms in total. The Kier molecular flexibility index (Phi) is 8.13. The van der Waals surface area contributed by atoms with Crippen molar-refractivity contribution in [1.82, 2.24) is 4.90 Å². The van der Waals surface area contributed by atoms with Gasteiger partial charge in [-0.1, -0.05) is 24.4 Å². The molecule has 0 radical (unpaired) electrons. The third-order valence-corrected chi connectivity index (χ3v) is 3.07. The summed E-state index contributed by atoms with van der Waals surface area (Å²) in [6, 6.07) is 7.38. The lowest BCUT2D eigenvalue weighted by atomic mass is 10.2. The van der Waals surface area contributed by atoms with E-state index in [4.69, 9.17) is 32.9 Å². The van der Waals surface area contributed by atoms with Gasteiger partial charge in [-0.05, 0) is 18.6 Å². The van der Waals surface area contributed by atoms with Crippen LogP contribution in [0.15, 0.2) is 24.3 Å². The number of ether oxygens (including phenoxy) is 1. The van der Waals surface area contributed by atoms with E-state index in [1.165, 1.54) is 0 Å². The highest BCUT2D eigenvalue weighted by molar-refractivity contribution is 7.80. The monoisotopic (exact) mass is 298 g/mol. The third kappa shape index (κ3) is 6.29. The molecule has 0 bridgehead atoms. The molecule has 0 aliphatic carbocycles. The van der Waals surface area contributed by atoms with Crippen molar-refractivity contribution in [2.24, 2.45) is 5.73 Å². The van der Waals surface area contributed by atoms with Crippen LogP contribution in [0.3, 0.4) is 0 Å². The van der Waals surface area contributed by atoms with E-state index in [9.17, 15) is 0 Å². The van der Waals surface area contributed by atoms with Crippen LogP contribution in [0.1, 0.15) is 12.0 Å². The van der Waals surface area contributed by atoms with Gasteiger partial charge in [-0.3, -0.25) is 4.90 Å². The van der Waals surface area contributed by atoms with Crippen molar-refractivity contribution in [3.63, 3.8) is 0 Å². The summed E-state index contributed by atoms with van der Waals surface area (Å²) in [5.74, 6) is 0.742. The molecule has 1 aromatic carbocycles. The number of nitrogens with zero attached hydrogens (tertiary/aromatic N) is 1. The van der Waals surface area contributed by atoms with Crippen molar-refractivity contribution in [2.45, 2.75) is 6.42 Å². The van der Waals surface area contributed by atoms with Crippen molar-refractivity contribution >= 4 is 17.2 Å². The maximum atomic E-state index is 8.90. The van der Waals surface area contributed by atoms with E-state index in [1.807, 2.05) is 29.2 Å². The first-order chi connectivity index (χ1) is 9.67. The molecule has 0 fully saturated rings.